The van der Waals surface area contributed by atoms with Gasteiger partial charge in [-0.1, -0.05) is 12.1 Å². The van der Waals surface area contributed by atoms with Crippen LogP contribution in [0.1, 0.15) is 10.4 Å². The molecule has 21 heavy (non-hydrogen) atoms. The van der Waals surface area contributed by atoms with Crippen molar-refractivity contribution in [1.29, 1.82) is 0 Å². The summed E-state index contributed by atoms with van der Waals surface area (Å²) in [5, 5.41) is 18.9. The number of nitrogens with two attached hydrogens (primary N) is 1. The van der Waals surface area contributed by atoms with E-state index in [1.807, 2.05) is 0 Å². The first kappa shape index (κ1) is 14.8. The third-order valence-electron chi connectivity index (χ3n) is 2.99. The molecule has 0 heterocycles. The molecule has 0 aliphatic rings. The van der Waals surface area contributed by atoms with Gasteiger partial charge in [-0.05, 0) is 24.3 Å². The van der Waals surface area contributed by atoms with Crippen molar-refractivity contribution in [3.05, 3.63) is 53.8 Å². The van der Waals surface area contributed by atoms with E-state index in [1.165, 1.54) is 11.0 Å². The average molecular weight is 290 g/mol. The Morgan fingerprint density at radius 1 is 1.24 bits per heavy atom. The Balaban J connectivity index is 2.43. The van der Waals surface area contributed by atoms with Gasteiger partial charge >= 0.3 is 0 Å². The van der Waals surface area contributed by atoms with Gasteiger partial charge in [-0.25, -0.2) is 4.39 Å². The molecule has 0 saturated carbocycles. The van der Waals surface area contributed by atoms with Crippen molar-refractivity contribution in [1.82, 2.24) is 0 Å². The zero-order valence-electron chi connectivity index (χ0n) is 11.2. The number of rotatable bonds is 4. The zero-order valence-corrected chi connectivity index (χ0v) is 11.2. The Kier molecular flexibility index (Phi) is 4.39. The van der Waals surface area contributed by atoms with E-state index in [2.05, 4.69) is 0 Å². The molecular weight excluding hydrogens is 275 g/mol. The molecule has 0 aromatic heterocycles. The first-order valence-electron chi connectivity index (χ1n) is 6.30. The Morgan fingerprint density at radius 2 is 1.95 bits per heavy atom. The number of halogens is 1. The highest BCUT2D eigenvalue weighted by Crippen LogP contribution is 2.27. The number of phenols is 1. The van der Waals surface area contributed by atoms with Crippen LogP contribution in [0.4, 0.5) is 15.8 Å². The number of carbonyl (C=O) groups is 1. The molecule has 5 nitrogen and oxygen atoms in total. The fourth-order valence-electron chi connectivity index (χ4n) is 2.00. The summed E-state index contributed by atoms with van der Waals surface area (Å²) in [5.41, 5.74) is 6.55. The quantitative estimate of drug-likeness (QED) is 0.749. The number of anilines is 2. The topological polar surface area (TPSA) is 86.8 Å². The highest BCUT2D eigenvalue weighted by Gasteiger charge is 2.21. The maximum Gasteiger partial charge on any atom is 0.262 e. The number of amides is 1. The predicted octanol–water partition coefficient (Wildman–Crippen LogP) is 1.75. The molecule has 0 radical (unpaired) electrons. The number of aliphatic hydroxyl groups is 1. The molecule has 0 saturated heterocycles. The van der Waals surface area contributed by atoms with Gasteiger partial charge in [0, 0.05) is 12.6 Å². The van der Waals surface area contributed by atoms with E-state index >= 15 is 0 Å². The van der Waals surface area contributed by atoms with Crippen LogP contribution in [0.15, 0.2) is 42.5 Å². The highest BCUT2D eigenvalue weighted by atomic mass is 19.1. The second-order valence-corrected chi connectivity index (χ2v) is 4.40. The van der Waals surface area contributed by atoms with Crippen molar-refractivity contribution in [3.8, 4) is 5.75 Å². The Labute approximate surface area is 121 Å². The number of hydrogen-bond acceptors (Lipinski definition) is 4. The van der Waals surface area contributed by atoms with E-state index in [0.717, 1.165) is 12.1 Å². The number of benzene rings is 2. The molecule has 110 valence electrons. The minimum absolute atomic E-state index is 0.00383. The van der Waals surface area contributed by atoms with Crippen LogP contribution in [0.2, 0.25) is 0 Å². The van der Waals surface area contributed by atoms with Crippen molar-refractivity contribution >= 4 is 17.3 Å². The summed E-state index contributed by atoms with van der Waals surface area (Å²) < 4.78 is 13.0. The van der Waals surface area contributed by atoms with Crippen LogP contribution in [-0.4, -0.2) is 29.3 Å². The summed E-state index contributed by atoms with van der Waals surface area (Å²) in [5.74, 6) is -1.67. The number of aromatic hydroxyl groups is 1. The number of para-hydroxylation sites is 2. The maximum absolute atomic E-state index is 13.0. The van der Waals surface area contributed by atoms with Crippen LogP contribution in [0.3, 0.4) is 0 Å². The van der Waals surface area contributed by atoms with Crippen molar-refractivity contribution < 1.29 is 19.4 Å². The molecule has 0 aliphatic carbocycles. The van der Waals surface area contributed by atoms with Crippen LogP contribution in [0, 0.1) is 5.82 Å². The third kappa shape index (κ3) is 3.11. The van der Waals surface area contributed by atoms with Gasteiger partial charge in [0.05, 0.1) is 23.5 Å². The van der Waals surface area contributed by atoms with E-state index < -0.39 is 17.5 Å². The Hall–Kier alpha value is -2.60. The molecular formula is C15H15FN2O3. The summed E-state index contributed by atoms with van der Waals surface area (Å²) >= 11 is 0. The molecule has 0 spiro atoms. The molecule has 0 bridgehead atoms. The molecule has 4 N–H and O–H groups in total. The molecule has 1 amide bonds. The van der Waals surface area contributed by atoms with E-state index in [0.29, 0.717) is 11.4 Å². The molecule has 2 rings (SSSR count). The first-order valence-corrected chi connectivity index (χ1v) is 6.30. The molecule has 6 heteroatoms. The molecule has 2 aromatic rings. The normalized spacial score (nSPS) is 10.4. The lowest BCUT2D eigenvalue weighted by Gasteiger charge is -2.23. The SMILES string of the molecule is Nc1ccccc1N(CCO)C(=O)c1ccc(F)cc1O. The van der Waals surface area contributed by atoms with Crippen LogP contribution >= 0.6 is 0 Å². The highest BCUT2D eigenvalue weighted by molar-refractivity contribution is 6.09. The van der Waals surface area contributed by atoms with E-state index in [1.54, 1.807) is 24.3 Å². The van der Waals surface area contributed by atoms with Crippen LogP contribution in [0.5, 0.6) is 5.75 Å². The summed E-state index contributed by atoms with van der Waals surface area (Å²) in [7, 11) is 0. The average Bonchev–Trinajstić information content (AvgIpc) is 2.45. The fraction of sp³-hybridized carbons (Fsp3) is 0.133. The van der Waals surface area contributed by atoms with Crippen LogP contribution < -0.4 is 10.6 Å². The number of nitrogen functional groups attached to an aromatic ring is 1. The maximum atomic E-state index is 13.0. The number of phenolic OH excluding ortho intramolecular Hbond substituents is 1. The smallest absolute Gasteiger partial charge is 0.262 e. The summed E-state index contributed by atoms with van der Waals surface area (Å²) in [6.45, 7) is -0.272. The standard InChI is InChI=1S/C15H15FN2O3/c16-10-5-6-11(14(20)9-10)15(21)18(7-8-19)13-4-2-1-3-12(13)17/h1-6,9,19-20H,7-8,17H2. The van der Waals surface area contributed by atoms with Crippen molar-refractivity contribution in [2.45, 2.75) is 0 Å². The van der Waals surface area contributed by atoms with Gasteiger partial charge in [0.2, 0.25) is 0 Å². The third-order valence-corrected chi connectivity index (χ3v) is 2.99. The lowest BCUT2D eigenvalue weighted by atomic mass is 10.1. The lowest BCUT2D eigenvalue weighted by Crippen LogP contribution is -2.34. The minimum Gasteiger partial charge on any atom is -0.507 e. The molecule has 2 aromatic carbocycles. The second kappa shape index (κ2) is 6.23. The van der Waals surface area contributed by atoms with Gasteiger partial charge in [-0.3, -0.25) is 4.79 Å². The van der Waals surface area contributed by atoms with Crippen LogP contribution in [0.25, 0.3) is 0 Å². The van der Waals surface area contributed by atoms with Crippen molar-refractivity contribution in [2.75, 3.05) is 23.8 Å². The van der Waals surface area contributed by atoms with E-state index in [4.69, 9.17) is 10.8 Å². The van der Waals surface area contributed by atoms with Gasteiger partial charge in [0.1, 0.15) is 11.6 Å². The van der Waals surface area contributed by atoms with Gasteiger partial charge < -0.3 is 20.8 Å². The predicted molar refractivity (Wildman–Crippen MR) is 77.7 cm³/mol. The van der Waals surface area contributed by atoms with Gasteiger partial charge in [0.15, 0.2) is 0 Å². The summed E-state index contributed by atoms with van der Waals surface area (Å²) in [6.07, 6.45) is 0. The molecule has 0 aliphatic heterocycles. The number of hydrogen-bond donors (Lipinski definition) is 3. The monoisotopic (exact) mass is 290 g/mol. The first-order chi connectivity index (χ1) is 10.0. The van der Waals surface area contributed by atoms with E-state index in [9.17, 15) is 14.3 Å². The van der Waals surface area contributed by atoms with Gasteiger partial charge in [0.25, 0.3) is 5.91 Å². The van der Waals surface area contributed by atoms with Crippen molar-refractivity contribution in [2.24, 2.45) is 0 Å². The van der Waals surface area contributed by atoms with Crippen molar-refractivity contribution in [3.63, 3.8) is 0 Å². The van der Waals surface area contributed by atoms with Crippen LogP contribution in [-0.2, 0) is 0 Å². The minimum atomic E-state index is -0.642. The fourth-order valence-corrected chi connectivity index (χ4v) is 2.00. The van der Waals surface area contributed by atoms with Gasteiger partial charge in [-0.15, -0.1) is 0 Å². The van der Waals surface area contributed by atoms with Gasteiger partial charge in [-0.2, -0.15) is 0 Å². The lowest BCUT2D eigenvalue weighted by molar-refractivity contribution is 0.0978. The molecule has 0 atom stereocenters. The second-order valence-electron chi connectivity index (χ2n) is 4.40. The molecule has 0 unspecified atom stereocenters. The Bertz CT molecular complexity index is 661. The summed E-state index contributed by atoms with van der Waals surface area (Å²) in [6, 6.07) is 9.80. The summed E-state index contributed by atoms with van der Waals surface area (Å²) in [4.78, 5) is 13.7. The number of carbonyl (C=O) groups excluding carboxylic acids is 1. The van der Waals surface area contributed by atoms with E-state index in [-0.39, 0.29) is 18.7 Å². The molecule has 0 fully saturated rings. The zero-order chi connectivity index (χ0) is 15.4. The number of nitrogens with zero attached hydrogens (tertiary/aromatic N) is 1. The number of aliphatic hydroxyl groups excluding tert-OH is 1. The Morgan fingerprint density at radius 3 is 2.57 bits per heavy atom. The largest absolute Gasteiger partial charge is 0.507 e.